The van der Waals surface area contributed by atoms with E-state index < -0.39 is 27.4 Å². The third-order valence-electron chi connectivity index (χ3n) is 4.58. The monoisotopic (exact) mass is 419 g/mol. The van der Waals surface area contributed by atoms with Crippen LogP contribution in [-0.2, 0) is 6.18 Å². The zero-order chi connectivity index (χ0) is 20.6. The van der Waals surface area contributed by atoms with E-state index in [0.717, 1.165) is 6.07 Å². The van der Waals surface area contributed by atoms with E-state index in [2.05, 4.69) is 10.1 Å². The number of alkyl halides is 3. The number of hydrogen-bond acceptors (Lipinski definition) is 7. The average molecular weight is 420 g/mol. The van der Waals surface area contributed by atoms with Gasteiger partial charge in [-0.15, -0.1) is 0 Å². The highest BCUT2D eigenvalue weighted by molar-refractivity contribution is 6.31. The molecule has 0 radical (unpaired) electrons. The number of anilines is 2. The Morgan fingerprint density at radius 1 is 1.32 bits per heavy atom. The van der Waals surface area contributed by atoms with E-state index in [4.69, 9.17) is 16.1 Å². The molecule has 1 aliphatic rings. The molecule has 2 aromatic rings. The molecule has 0 unspecified atom stereocenters. The molecule has 1 fully saturated rings. The van der Waals surface area contributed by atoms with Crippen LogP contribution in [0.25, 0.3) is 0 Å². The number of hydrogen-bond donors (Lipinski definition) is 0. The molecule has 152 valence electrons. The van der Waals surface area contributed by atoms with Crippen LogP contribution in [0.3, 0.4) is 0 Å². The van der Waals surface area contributed by atoms with Crippen LogP contribution in [-0.4, -0.2) is 42.2 Å². The van der Waals surface area contributed by atoms with E-state index in [0.29, 0.717) is 43.8 Å². The van der Waals surface area contributed by atoms with Crippen molar-refractivity contribution >= 4 is 28.9 Å². The molecule has 2 heterocycles. The first-order valence-electron chi connectivity index (χ1n) is 8.39. The van der Waals surface area contributed by atoms with Gasteiger partial charge in [0.25, 0.3) is 11.6 Å². The molecule has 1 aliphatic heterocycles. The van der Waals surface area contributed by atoms with Gasteiger partial charge < -0.3 is 14.3 Å². The molecule has 0 N–H and O–H groups in total. The van der Waals surface area contributed by atoms with Crippen LogP contribution in [0.5, 0.6) is 0 Å². The van der Waals surface area contributed by atoms with Crippen molar-refractivity contribution in [2.75, 3.05) is 37.0 Å². The summed E-state index contributed by atoms with van der Waals surface area (Å²) >= 11 is 5.76. The Labute approximate surface area is 163 Å². The minimum atomic E-state index is -4.77. The number of benzene rings is 1. The van der Waals surface area contributed by atoms with Crippen LogP contribution in [0, 0.1) is 10.1 Å². The van der Waals surface area contributed by atoms with Gasteiger partial charge in [0, 0.05) is 39.2 Å². The molecule has 12 heteroatoms. The van der Waals surface area contributed by atoms with Crippen LogP contribution >= 0.6 is 11.6 Å². The predicted octanol–water partition coefficient (Wildman–Crippen LogP) is 4.10. The smallest absolute Gasteiger partial charge is 0.366 e. The first kappa shape index (κ1) is 20.2. The van der Waals surface area contributed by atoms with Gasteiger partial charge in [0.15, 0.2) is 0 Å². The highest BCUT2D eigenvalue weighted by atomic mass is 35.5. The summed E-state index contributed by atoms with van der Waals surface area (Å²) in [6, 6.07) is 1.50. The summed E-state index contributed by atoms with van der Waals surface area (Å²) in [5.74, 6) is 0.896. The Balaban J connectivity index is 1.81. The Hall–Kier alpha value is -2.56. The van der Waals surface area contributed by atoms with Crippen LogP contribution in [0.1, 0.15) is 30.2 Å². The number of halogens is 4. The number of rotatable bonds is 4. The van der Waals surface area contributed by atoms with Gasteiger partial charge in [-0.3, -0.25) is 10.1 Å². The van der Waals surface area contributed by atoms with Gasteiger partial charge in [0.1, 0.15) is 5.69 Å². The number of piperidine rings is 1. The molecule has 0 saturated carbocycles. The molecule has 0 amide bonds. The van der Waals surface area contributed by atoms with Crippen molar-refractivity contribution < 1.29 is 22.6 Å². The number of nitro groups is 1. The molecule has 0 atom stereocenters. The van der Waals surface area contributed by atoms with Crippen molar-refractivity contribution in [3.63, 3.8) is 0 Å². The van der Waals surface area contributed by atoms with E-state index >= 15 is 0 Å². The predicted molar refractivity (Wildman–Crippen MR) is 95.9 cm³/mol. The Kier molecular flexibility index (Phi) is 5.37. The second-order valence-electron chi connectivity index (χ2n) is 6.66. The maximum Gasteiger partial charge on any atom is 0.418 e. The fourth-order valence-corrected chi connectivity index (χ4v) is 3.37. The summed E-state index contributed by atoms with van der Waals surface area (Å²) in [6.45, 7) is 0.764. The molecular formula is C16H17ClF3N5O3. The first-order chi connectivity index (χ1) is 13.1. The largest absolute Gasteiger partial charge is 0.418 e. The summed E-state index contributed by atoms with van der Waals surface area (Å²) in [4.78, 5) is 18.2. The van der Waals surface area contributed by atoms with E-state index in [-0.39, 0.29) is 11.6 Å². The lowest BCUT2D eigenvalue weighted by molar-refractivity contribution is -0.384. The third kappa shape index (κ3) is 3.98. The molecule has 0 aliphatic carbocycles. The van der Waals surface area contributed by atoms with Crippen molar-refractivity contribution in [2.45, 2.75) is 24.9 Å². The molecule has 3 rings (SSSR count). The normalized spacial score (nSPS) is 15.7. The lowest BCUT2D eigenvalue weighted by Gasteiger charge is -2.32. The fourth-order valence-electron chi connectivity index (χ4n) is 3.11. The molecule has 1 aromatic carbocycles. The lowest BCUT2D eigenvalue weighted by Crippen LogP contribution is -2.33. The Morgan fingerprint density at radius 3 is 2.46 bits per heavy atom. The molecule has 0 spiro atoms. The second kappa shape index (κ2) is 7.46. The summed E-state index contributed by atoms with van der Waals surface area (Å²) < 4.78 is 44.3. The molecule has 28 heavy (non-hydrogen) atoms. The average Bonchev–Trinajstić information content (AvgIpc) is 3.10. The SMILES string of the molecule is CN(C)c1noc(C2CCN(c3cc(Cl)c(C(F)(F)F)cc3[N+](=O)[O-])CC2)n1. The highest BCUT2D eigenvalue weighted by Gasteiger charge is 2.37. The van der Waals surface area contributed by atoms with Gasteiger partial charge in [0.05, 0.1) is 15.5 Å². The van der Waals surface area contributed by atoms with Crippen molar-refractivity contribution in [3.05, 3.63) is 38.7 Å². The van der Waals surface area contributed by atoms with E-state index in [9.17, 15) is 23.3 Å². The summed E-state index contributed by atoms with van der Waals surface area (Å²) in [5, 5.41) is 14.6. The quantitative estimate of drug-likeness (QED) is 0.544. The molecule has 1 aromatic heterocycles. The van der Waals surface area contributed by atoms with Gasteiger partial charge in [-0.25, -0.2) is 0 Å². The van der Waals surface area contributed by atoms with Crippen LogP contribution in [0.4, 0.5) is 30.5 Å². The summed E-state index contributed by atoms with van der Waals surface area (Å²) in [7, 11) is 3.56. The molecular weight excluding hydrogens is 403 g/mol. The maximum absolute atomic E-state index is 13.0. The van der Waals surface area contributed by atoms with Crippen LogP contribution in [0.15, 0.2) is 16.7 Å². The zero-order valence-electron chi connectivity index (χ0n) is 15.0. The Morgan fingerprint density at radius 2 is 1.96 bits per heavy atom. The zero-order valence-corrected chi connectivity index (χ0v) is 15.8. The van der Waals surface area contributed by atoms with Gasteiger partial charge in [0.2, 0.25) is 5.89 Å². The molecule has 8 nitrogen and oxygen atoms in total. The third-order valence-corrected chi connectivity index (χ3v) is 4.89. The van der Waals surface area contributed by atoms with Crippen molar-refractivity contribution in [2.24, 2.45) is 0 Å². The number of aromatic nitrogens is 2. The van der Waals surface area contributed by atoms with Gasteiger partial charge in [-0.2, -0.15) is 18.2 Å². The molecule has 1 saturated heterocycles. The van der Waals surface area contributed by atoms with Gasteiger partial charge in [-0.05, 0) is 24.1 Å². The van der Waals surface area contributed by atoms with Gasteiger partial charge >= 0.3 is 6.18 Å². The maximum atomic E-state index is 13.0. The van der Waals surface area contributed by atoms with Crippen LogP contribution in [0.2, 0.25) is 5.02 Å². The fraction of sp³-hybridized carbons (Fsp3) is 0.500. The lowest BCUT2D eigenvalue weighted by atomic mass is 9.96. The minimum absolute atomic E-state index is 0.0265. The standard InChI is InChI=1S/C16H17ClF3N5O3/c1-23(2)15-21-14(28-22-15)9-3-5-24(6-4-9)12-8-11(17)10(16(18,19)20)7-13(12)25(26)27/h7-9H,3-6H2,1-2H3. The van der Waals surface area contributed by atoms with Crippen molar-refractivity contribution in [1.29, 1.82) is 0 Å². The number of nitrogens with zero attached hydrogens (tertiary/aromatic N) is 5. The topological polar surface area (TPSA) is 88.5 Å². The first-order valence-corrected chi connectivity index (χ1v) is 8.76. The van der Waals surface area contributed by atoms with Crippen LogP contribution < -0.4 is 9.80 Å². The second-order valence-corrected chi connectivity index (χ2v) is 7.07. The van der Waals surface area contributed by atoms with E-state index in [1.807, 2.05) is 0 Å². The van der Waals surface area contributed by atoms with Crippen molar-refractivity contribution in [1.82, 2.24) is 10.1 Å². The summed E-state index contributed by atoms with van der Waals surface area (Å²) in [5.41, 5.74) is -1.77. The summed E-state index contributed by atoms with van der Waals surface area (Å²) in [6.07, 6.45) is -3.65. The van der Waals surface area contributed by atoms with E-state index in [1.54, 1.807) is 23.9 Å². The van der Waals surface area contributed by atoms with Crippen molar-refractivity contribution in [3.8, 4) is 0 Å². The molecule has 0 bridgehead atoms. The number of nitro benzene ring substituents is 1. The highest BCUT2D eigenvalue weighted by Crippen LogP contribution is 2.42. The minimum Gasteiger partial charge on any atom is -0.366 e. The Bertz CT molecular complexity index is 879. The van der Waals surface area contributed by atoms with Gasteiger partial charge in [-0.1, -0.05) is 11.6 Å². The van der Waals surface area contributed by atoms with E-state index in [1.165, 1.54) is 0 Å².